The summed E-state index contributed by atoms with van der Waals surface area (Å²) in [5, 5.41) is 0.700. The van der Waals surface area contributed by atoms with Gasteiger partial charge in [0.05, 0.1) is 0 Å². The van der Waals surface area contributed by atoms with Crippen LogP contribution in [0.1, 0.15) is 22.3 Å². The summed E-state index contributed by atoms with van der Waals surface area (Å²) in [5.74, 6) is 0. The molecule has 0 unspecified atom stereocenters. The van der Waals surface area contributed by atoms with Gasteiger partial charge in [0.2, 0.25) is 0 Å². The van der Waals surface area contributed by atoms with Gasteiger partial charge in [-0.2, -0.15) is 0 Å². The molecule has 0 spiro atoms. The predicted molar refractivity (Wildman–Crippen MR) is 59.0 cm³/mol. The molecule has 0 atom stereocenters. The van der Waals surface area contributed by atoms with Crippen LogP contribution in [0.25, 0.3) is 0 Å². The third-order valence-electron chi connectivity index (χ3n) is 0.628. The molecule has 0 bridgehead atoms. The van der Waals surface area contributed by atoms with Crippen molar-refractivity contribution >= 4 is 47.1 Å². The summed E-state index contributed by atoms with van der Waals surface area (Å²) in [5.41, 5.74) is 0. The van der Waals surface area contributed by atoms with Gasteiger partial charge >= 0.3 is 0 Å². The van der Waals surface area contributed by atoms with Crippen molar-refractivity contribution in [2.45, 2.75) is 22.3 Å². The van der Waals surface area contributed by atoms with E-state index >= 15 is 0 Å². The summed E-state index contributed by atoms with van der Waals surface area (Å²) in [4.78, 5) is 3.65. The summed E-state index contributed by atoms with van der Waals surface area (Å²) in [7, 11) is 0. The maximum Gasteiger partial charge on any atom is 0.138 e. The van der Waals surface area contributed by atoms with Gasteiger partial charge in [0.25, 0.3) is 0 Å². The molecule has 0 aromatic carbocycles. The molecule has 12 heavy (non-hydrogen) atoms. The van der Waals surface area contributed by atoms with E-state index in [1.165, 1.54) is 0 Å². The van der Waals surface area contributed by atoms with E-state index < -0.39 is 0 Å². The number of rotatable bonds is 0. The Morgan fingerprint density at radius 3 is 1.92 bits per heavy atom. The summed E-state index contributed by atoms with van der Waals surface area (Å²) in [6.45, 7) is 0. The van der Waals surface area contributed by atoms with Crippen LogP contribution < -0.4 is 0 Å². The molecule has 1 aromatic rings. The molecule has 0 saturated heterocycles. The molecule has 0 aliphatic rings. The minimum absolute atomic E-state index is 0. The maximum absolute atomic E-state index is 5.43. The standard InChI is InChI=1S/C5H2Cl2N.3CH4.Sn/c6-4-2-1-3-5(7)8-4;;;;/h1-2H;3*1H4;. The average Bonchev–Trinajstić information content (AvgIpc) is 1.64. The fourth-order valence-corrected chi connectivity index (χ4v) is 0.687. The second kappa shape index (κ2) is 11.5. The van der Waals surface area contributed by atoms with Gasteiger partial charge in [0.15, 0.2) is 0 Å². The summed E-state index contributed by atoms with van der Waals surface area (Å²) in [6, 6.07) is 5.88. The number of pyridine rings is 1. The summed E-state index contributed by atoms with van der Waals surface area (Å²) >= 11 is 10.8. The fraction of sp³-hybridized carbons (Fsp3) is 0.375. The summed E-state index contributed by atoms with van der Waals surface area (Å²) in [6.07, 6.45) is 0. The Morgan fingerprint density at radius 1 is 1.17 bits per heavy atom. The van der Waals surface area contributed by atoms with Gasteiger partial charge in [0.1, 0.15) is 10.3 Å². The Labute approximate surface area is 102 Å². The SMILES string of the molecule is C.C.C.Clc1[c]ccc(Cl)n1.[Sn]. The molecule has 0 aliphatic heterocycles. The average molecular weight is 314 g/mol. The summed E-state index contributed by atoms with van der Waals surface area (Å²) < 4.78 is 0. The Morgan fingerprint density at radius 2 is 1.67 bits per heavy atom. The Kier molecular flexibility index (Phi) is 22.0. The van der Waals surface area contributed by atoms with E-state index in [0.717, 1.165) is 0 Å². The largest absolute Gasteiger partial charge is 0.224 e. The van der Waals surface area contributed by atoms with Crippen LogP contribution in [0.4, 0.5) is 0 Å². The zero-order chi connectivity index (χ0) is 5.98. The van der Waals surface area contributed by atoms with E-state index in [4.69, 9.17) is 23.2 Å². The molecule has 0 N–H and O–H groups in total. The number of hydrogen-bond donors (Lipinski definition) is 0. The molecular weight excluding hydrogens is 300 g/mol. The quantitative estimate of drug-likeness (QED) is 0.525. The first-order chi connectivity index (χ1) is 3.79. The molecule has 1 aromatic heterocycles. The van der Waals surface area contributed by atoms with Gasteiger partial charge in [-0.15, -0.1) is 0 Å². The Balaban J connectivity index is -0.0000000800. The Bertz CT molecular complexity index is 177. The van der Waals surface area contributed by atoms with Crippen molar-refractivity contribution in [2.24, 2.45) is 0 Å². The van der Waals surface area contributed by atoms with E-state index in [9.17, 15) is 0 Å². The first-order valence-electron chi connectivity index (χ1n) is 1.99. The van der Waals surface area contributed by atoms with Crippen LogP contribution in [-0.2, 0) is 0 Å². The van der Waals surface area contributed by atoms with Gasteiger partial charge in [0, 0.05) is 30.0 Å². The molecule has 0 amide bonds. The molecular formula is C8H14Cl2NSn. The van der Waals surface area contributed by atoms with Crippen LogP contribution in [0, 0.1) is 6.07 Å². The number of aromatic nitrogens is 1. The zero-order valence-electron chi connectivity index (χ0n) is 4.36. The molecule has 1 heterocycles. The van der Waals surface area contributed by atoms with Crippen LogP contribution in [0.15, 0.2) is 12.1 Å². The van der Waals surface area contributed by atoms with Crippen LogP contribution in [0.3, 0.4) is 0 Å². The van der Waals surface area contributed by atoms with Crippen molar-refractivity contribution in [3.63, 3.8) is 0 Å². The third kappa shape index (κ3) is 8.62. The van der Waals surface area contributed by atoms with E-state index in [0.29, 0.717) is 10.3 Å². The number of hydrogen-bond acceptors (Lipinski definition) is 1. The van der Waals surface area contributed by atoms with Crippen LogP contribution in [-0.4, -0.2) is 28.9 Å². The molecule has 1 rings (SSSR count). The molecule has 5 radical (unpaired) electrons. The van der Waals surface area contributed by atoms with Crippen molar-refractivity contribution in [2.75, 3.05) is 0 Å². The molecule has 69 valence electrons. The molecule has 4 heteroatoms. The Hall–Kier alpha value is 0.529. The minimum atomic E-state index is 0. The second-order valence-electron chi connectivity index (χ2n) is 1.20. The normalized spacial score (nSPS) is 6.17. The minimum Gasteiger partial charge on any atom is -0.224 e. The topological polar surface area (TPSA) is 12.9 Å². The van der Waals surface area contributed by atoms with Gasteiger partial charge in [-0.25, -0.2) is 4.98 Å². The maximum atomic E-state index is 5.43. The first-order valence-corrected chi connectivity index (χ1v) is 2.74. The van der Waals surface area contributed by atoms with Crippen molar-refractivity contribution in [1.29, 1.82) is 0 Å². The van der Waals surface area contributed by atoms with E-state index in [-0.39, 0.29) is 46.2 Å². The molecule has 0 fully saturated rings. The van der Waals surface area contributed by atoms with E-state index in [1.54, 1.807) is 12.1 Å². The van der Waals surface area contributed by atoms with E-state index in [2.05, 4.69) is 11.1 Å². The second-order valence-corrected chi connectivity index (χ2v) is 1.95. The van der Waals surface area contributed by atoms with Crippen molar-refractivity contribution in [1.82, 2.24) is 4.98 Å². The third-order valence-corrected chi connectivity index (χ3v) is 1.03. The van der Waals surface area contributed by atoms with Crippen molar-refractivity contribution in [3.05, 3.63) is 28.5 Å². The van der Waals surface area contributed by atoms with Crippen LogP contribution in [0.5, 0.6) is 0 Å². The molecule has 1 nitrogen and oxygen atoms in total. The number of nitrogens with zero attached hydrogens (tertiary/aromatic N) is 1. The van der Waals surface area contributed by atoms with Gasteiger partial charge in [-0.1, -0.05) is 45.5 Å². The van der Waals surface area contributed by atoms with E-state index in [1.807, 2.05) is 0 Å². The van der Waals surface area contributed by atoms with Crippen LogP contribution >= 0.6 is 23.2 Å². The van der Waals surface area contributed by atoms with Crippen LogP contribution in [0.2, 0.25) is 10.3 Å². The van der Waals surface area contributed by atoms with Crippen molar-refractivity contribution in [3.8, 4) is 0 Å². The monoisotopic (exact) mass is 314 g/mol. The molecule has 0 saturated carbocycles. The predicted octanol–water partition coefficient (Wildman–Crippen LogP) is 3.72. The number of halogens is 2. The molecule has 0 aliphatic carbocycles. The van der Waals surface area contributed by atoms with Crippen molar-refractivity contribution < 1.29 is 0 Å². The smallest absolute Gasteiger partial charge is 0.138 e. The first kappa shape index (κ1) is 22.9. The fourth-order valence-electron chi connectivity index (χ4n) is 0.343. The van der Waals surface area contributed by atoms with Gasteiger partial charge in [-0.3, -0.25) is 0 Å². The zero-order valence-corrected chi connectivity index (χ0v) is 8.72. The van der Waals surface area contributed by atoms with Gasteiger partial charge < -0.3 is 0 Å². The van der Waals surface area contributed by atoms with Gasteiger partial charge in [-0.05, 0) is 12.1 Å².